The van der Waals surface area contributed by atoms with Gasteiger partial charge in [-0.15, -0.1) is 0 Å². The fraction of sp³-hybridized carbons (Fsp3) is 0.200. The van der Waals surface area contributed by atoms with Gasteiger partial charge in [-0.05, 0) is 11.6 Å². The number of hydrogen-bond acceptors (Lipinski definition) is 4. The van der Waals surface area contributed by atoms with Gasteiger partial charge < -0.3 is 10.2 Å². The van der Waals surface area contributed by atoms with Crippen LogP contribution in [0.25, 0.3) is 0 Å². The second kappa shape index (κ2) is 5.80. The number of carbonyl (C=O) groups is 2. The highest BCUT2D eigenvalue weighted by atomic mass is 16.2. The Hall–Kier alpha value is -2.96. The number of carbonyl (C=O) groups excluding carboxylic acids is 2. The van der Waals surface area contributed by atoms with E-state index in [1.54, 1.807) is 12.1 Å². The Kier molecular flexibility index (Phi) is 3.69. The lowest BCUT2D eigenvalue weighted by molar-refractivity contribution is -0.128. The largest absolute Gasteiger partial charge is 0.352 e. The molecule has 1 aromatic carbocycles. The number of nitrogens with one attached hydrogen (secondary N) is 2. The van der Waals surface area contributed by atoms with E-state index < -0.39 is 6.04 Å². The predicted molar refractivity (Wildman–Crippen MR) is 78.1 cm³/mol. The number of aromatic nitrogens is 2. The molecule has 1 fully saturated rings. The van der Waals surface area contributed by atoms with Gasteiger partial charge in [0, 0.05) is 19.2 Å². The van der Waals surface area contributed by atoms with Gasteiger partial charge in [0.05, 0.1) is 0 Å². The van der Waals surface area contributed by atoms with Gasteiger partial charge in [-0.3, -0.25) is 14.4 Å². The van der Waals surface area contributed by atoms with Gasteiger partial charge in [-0.2, -0.15) is 5.10 Å². The van der Waals surface area contributed by atoms with Crippen LogP contribution >= 0.6 is 0 Å². The first-order valence-corrected chi connectivity index (χ1v) is 6.86. The molecule has 112 valence electrons. The smallest absolute Gasteiger partial charge is 0.275 e. The fourth-order valence-electron chi connectivity index (χ4n) is 2.46. The van der Waals surface area contributed by atoms with Crippen molar-refractivity contribution < 1.29 is 9.59 Å². The molecule has 1 saturated heterocycles. The molecule has 1 unspecified atom stereocenters. The van der Waals surface area contributed by atoms with Gasteiger partial charge in [-0.25, -0.2) is 5.10 Å². The summed E-state index contributed by atoms with van der Waals surface area (Å²) in [5.41, 5.74) is 0.459. The zero-order valence-corrected chi connectivity index (χ0v) is 11.7. The summed E-state index contributed by atoms with van der Waals surface area (Å²) in [5.74, 6) is -0.616. The van der Waals surface area contributed by atoms with E-state index in [1.807, 2.05) is 18.2 Å². The summed E-state index contributed by atoms with van der Waals surface area (Å²) in [7, 11) is 0. The molecule has 0 bridgehead atoms. The topological polar surface area (TPSA) is 95.2 Å². The van der Waals surface area contributed by atoms with Crippen molar-refractivity contribution in [3.63, 3.8) is 0 Å². The third kappa shape index (κ3) is 2.60. The second-order valence-corrected chi connectivity index (χ2v) is 4.91. The Labute approximate surface area is 126 Å². The summed E-state index contributed by atoms with van der Waals surface area (Å²) >= 11 is 0. The van der Waals surface area contributed by atoms with Crippen molar-refractivity contribution in [2.45, 2.75) is 6.04 Å². The Morgan fingerprint density at radius 1 is 1.14 bits per heavy atom. The number of benzene rings is 1. The van der Waals surface area contributed by atoms with E-state index in [4.69, 9.17) is 0 Å². The highest BCUT2D eigenvalue weighted by Gasteiger charge is 2.35. The van der Waals surface area contributed by atoms with E-state index in [0.29, 0.717) is 13.1 Å². The molecule has 1 atom stereocenters. The summed E-state index contributed by atoms with van der Waals surface area (Å²) in [6, 6.07) is 11.0. The van der Waals surface area contributed by atoms with Gasteiger partial charge in [0.25, 0.3) is 11.5 Å². The Morgan fingerprint density at radius 3 is 2.59 bits per heavy atom. The standard InChI is InChI=1S/C15H14N4O3/c20-12-7-6-11(17-18-12)15(22)19-9-8-16-14(21)13(19)10-4-2-1-3-5-10/h1-7,13H,8-9H2,(H,16,21)(H,18,20). The van der Waals surface area contributed by atoms with Crippen LogP contribution in [0.2, 0.25) is 0 Å². The summed E-state index contributed by atoms with van der Waals surface area (Å²) in [6.45, 7) is 0.766. The minimum Gasteiger partial charge on any atom is -0.352 e. The lowest BCUT2D eigenvalue weighted by Gasteiger charge is -2.35. The Bertz CT molecular complexity index is 736. The van der Waals surface area contributed by atoms with E-state index in [2.05, 4.69) is 15.5 Å². The average Bonchev–Trinajstić information content (AvgIpc) is 2.55. The quantitative estimate of drug-likeness (QED) is 0.821. The van der Waals surface area contributed by atoms with E-state index >= 15 is 0 Å². The number of aromatic amines is 1. The Balaban J connectivity index is 1.95. The molecule has 0 saturated carbocycles. The molecule has 2 N–H and O–H groups in total. The van der Waals surface area contributed by atoms with Crippen molar-refractivity contribution in [2.75, 3.05) is 13.1 Å². The molecule has 0 aliphatic carbocycles. The number of H-pyrrole nitrogens is 1. The molecule has 3 rings (SSSR count). The van der Waals surface area contributed by atoms with Crippen LogP contribution in [0.3, 0.4) is 0 Å². The van der Waals surface area contributed by atoms with E-state index in [9.17, 15) is 14.4 Å². The molecular formula is C15H14N4O3. The minimum atomic E-state index is -0.698. The van der Waals surface area contributed by atoms with E-state index in [1.165, 1.54) is 17.0 Å². The number of amides is 2. The lowest BCUT2D eigenvalue weighted by atomic mass is 10.0. The summed E-state index contributed by atoms with van der Waals surface area (Å²) in [5, 5.41) is 8.74. The lowest BCUT2D eigenvalue weighted by Crippen LogP contribution is -2.52. The number of nitrogens with zero attached hydrogens (tertiary/aromatic N) is 2. The Morgan fingerprint density at radius 2 is 1.91 bits per heavy atom. The van der Waals surface area contributed by atoms with Crippen LogP contribution in [0.15, 0.2) is 47.3 Å². The molecule has 7 heteroatoms. The third-order valence-corrected chi connectivity index (χ3v) is 3.49. The van der Waals surface area contributed by atoms with Crippen LogP contribution in [0.4, 0.5) is 0 Å². The van der Waals surface area contributed by atoms with Gasteiger partial charge in [0.1, 0.15) is 11.7 Å². The minimum absolute atomic E-state index is 0.107. The van der Waals surface area contributed by atoms with Crippen molar-refractivity contribution >= 4 is 11.8 Å². The maximum atomic E-state index is 12.6. The number of rotatable bonds is 2. The van der Waals surface area contributed by atoms with Crippen molar-refractivity contribution in [3.05, 3.63) is 64.1 Å². The molecule has 1 aliphatic rings. The predicted octanol–water partition coefficient (Wildman–Crippen LogP) is 0.0832. The summed E-state index contributed by atoms with van der Waals surface area (Å²) in [4.78, 5) is 37.3. The molecule has 2 amide bonds. The third-order valence-electron chi connectivity index (χ3n) is 3.49. The molecule has 2 aromatic rings. The maximum Gasteiger partial charge on any atom is 0.275 e. The average molecular weight is 298 g/mol. The number of hydrogen-bond donors (Lipinski definition) is 2. The molecule has 1 aromatic heterocycles. The first-order valence-electron chi connectivity index (χ1n) is 6.86. The highest BCUT2D eigenvalue weighted by Crippen LogP contribution is 2.24. The van der Waals surface area contributed by atoms with Crippen LogP contribution < -0.4 is 10.9 Å². The zero-order chi connectivity index (χ0) is 15.5. The SMILES string of the molecule is O=C1NCCN(C(=O)c2ccc(=O)[nH]n2)C1c1ccccc1. The van der Waals surface area contributed by atoms with Crippen LogP contribution in [0, 0.1) is 0 Å². The van der Waals surface area contributed by atoms with Crippen LogP contribution in [0.1, 0.15) is 22.1 Å². The number of piperazine rings is 1. The molecule has 0 spiro atoms. The van der Waals surface area contributed by atoms with Crippen molar-refractivity contribution in [2.24, 2.45) is 0 Å². The zero-order valence-electron chi connectivity index (χ0n) is 11.7. The van der Waals surface area contributed by atoms with Crippen molar-refractivity contribution in [1.82, 2.24) is 20.4 Å². The van der Waals surface area contributed by atoms with E-state index in [0.717, 1.165) is 5.56 Å². The summed E-state index contributed by atoms with van der Waals surface area (Å²) in [6.07, 6.45) is 0. The van der Waals surface area contributed by atoms with Crippen LogP contribution in [0.5, 0.6) is 0 Å². The summed E-state index contributed by atoms with van der Waals surface area (Å²) < 4.78 is 0. The normalized spacial score (nSPS) is 17.9. The van der Waals surface area contributed by atoms with Crippen LogP contribution in [-0.4, -0.2) is 40.0 Å². The highest BCUT2D eigenvalue weighted by molar-refractivity contribution is 5.97. The maximum absolute atomic E-state index is 12.6. The second-order valence-electron chi connectivity index (χ2n) is 4.91. The molecule has 22 heavy (non-hydrogen) atoms. The van der Waals surface area contributed by atoms with Gasteiger partial charge in [0.2, 0.25) is 5.91 Å². The first-order chi connectivity index (χ1) is 10.7. The van der Waals surface area contributed by atoms with Crippen LogP contribution in [-0.2, 0) is 4.79 Å². The molecule has 2 heterocycles. The van der Waals surface area contributed by atoms with E-state index in [-0.39, 0.29) is 23.1 Å². The van der Waals surface area contributed by atoms with Crippen molar-refractivity contribution in [3.8, 4) is 0 Å². The monoisotopic (exact) mass is 298 g/mol. The van der Waals surface area contributed by atoms with Gasteiger partial charge in [-0.1, -0.05) is 30.3 Å². The molecule has 7 nitrogen and oxygen atoms in total. The van der Waals surface area contributed by atoms with Gasteiger partial charge >= 0.3 is 0 Å². The fourth-order valence-corrected chi connectivity index (χ4v) is 2.46. The van der Waals surface area contributed by atoms with Gasteiger partial charge in [0.15, 0.2) is 0 Å². The first kappa shape index (κ1) is 14.0. The molecule has 0 radical (unpaired) electrons. The molecular weight excluding hydrogens is 284 g/mol. The van der Waals surface area contributed by atoms with Crippen molar-refractivity contribution in [1.29, 1.82) is 0 Å². The molecule has 1 aliphatic heterocycles.